The Morgan fingerprint density at radius 1 is 1.00 bits per heavy atom. The predicted octanol–water partition coefficient (Wildman–Crippen LogP) is 6.71. The molecule has 1 N–H and O–H groups in total. The molecule has 0 bridgehead atoms. The summed E-state index contributed by atoms with van der Waals surface area (Å²) >= 11 is 19.3. The van der Waals surface area contributed by atoms with Crippen LogP contribution in [0.2, 0.25) is 15.1 Å². The molecule has 9 heteroatoms. The lowest BCUT2D eigenvalue weighted by atomic mass is 10.1. The molecule has 1 aliphatic heterocycles. The Balaban J connectivity index is 1.71. The summed E-state index contributed by atoms with van der Waals surface area (Å²) in [6.07, 6.45) is 0.393. The minimum Gasteiger partial charge on any atom is -0.321 e. The molecular weight excluding hydrogens is 513 g/mol. The summed E-state index contributed by atoms with van der Waals surface area (Å²) in [6, 6.07) is 22.8. The molecule has 0 aliphatic carbocycles. The molecule has 1 fully saturated rings. The van der Waals surface area contributed by atoms with Gasteiger partial charge in [0.1, 0.15) is 16.7 Å². The van der Waals surface area contributed by atoms with Crippen molar-refractivity contribution in [2.24, 2.45) is 0 Å². The Bertz CT molecular complexity index is 1340. The van der Waals surface area contributed by atoms with Crippen LogP contribution in [0.5, 0.6) is 0 Å². The van der Waals surface area contributed by atoms with Crippen molar-refractivity contribution in [3.63, 3.8) is 0 Å². The van der Waals surface area contributed by atoms with E-state index in [1.165, 1.54) is 22.7 Å². The summed E-state index contributed by atoms with van der Waals surface area (Å²) in [7, 11) is 0. The number of anilines is 2. The van der Waals surface area contributed by atoms with Gasteiger partial charge >= 0.3 is 0 Å². The monoisotopic (exact) mass is 527 g/mol. The van der Waals surface area contributed by atoms with Gasteiger partial charge in [-0.05, 0) is 54.4 Å². The maximum Gasteiger partial charge on any atom is 0.269 e. The number of nitriles is 1. The van der Waals surface area contributed by atoms with Crippen LogP contribution in [0, 0.1) is 11.3 Å². The highest BCUT2D eigenvalue weighted by Crippen LogP contribution is 2.42. The summed E-state index contributed by atoms with van der Waals surface area (Å²) in [4.78, 5) is 28.0. The average molecular weight is 529 g/mol. The fraction of sp³-hybridized carbons (Fsp3) is 0.0800. The van der Waals surface area contributed by atoms with Crippen molar-refractivity contribution in [1.29, 1.82) is 5.26 Å². The van der Waals surface area contributed by atoms with Gasteiger partial charge in [0.2, 0.25) is 5.91 Å². The number of nitrogens with one attached hydrogen (secondary N) is 1. The molecule has 1 aliphatic rings. The van der Waals surface area contributed by atoms with Gasteiger partial charge in [-0.3, -0.25) is 14.5 Å². The highest BCUT2D eigenvalue weighted by molar-refractivity contribution is 8.05. The Kier molecular flexibility index (Phi) is 7.50. The summed E-state index contributed by atoms with van der Waals surface area (Å²) in [5.74, 6) is -0.873. The van der Waals surface area contributed by atoms with Gasteiger partial charge in [0, 0.05) is 16.4 Å². The smallest absolute Gasteiger partial charge is 0.269 e. The van der Waals surface area contributed by atoms with Crippen LogP contribution in [0.3, 0.4) is 0 Å². The van der Waals surface area contributed by atoms with E-state index in [9.17, 15) is 14.9 Å². The number of benzene rings is 3. The van der Waals surface area contributed by atoms with E-state index >= 15 is 0 Å². The zero-order valence-electron chi connectivity index (χ0n) is 17.5. The molecule has 34 heavy (non-hydrogen) atoms. The van der Waals surface area contributed by atoms with Crippen LogP contribution >= 0.6 is 46.6 Å². The van der Waals surface area contributed by atoms with Gasteiger partial charge in [-0.1, -0.05) is 76.9 Å². The maximum atomic E-state index is 13.5. The third-order valence-corrected chi connectivity index (χ3v) is 7.24. The van der Waals surface area contributed by atoms with Crippen LogP contribution in [0.1, 0.15) is 5.56 Å². The molecule has 1 unspecified atom stereocenters. The molecular formula is C25H16Cl3N3O2S. The van der Waals surface area contributed by atoms with E-state index in [1.807, 2.05) is 24.3 Å². The van der Waals surface area contributed by atoms with Gasteiger partial charge in [0.15, 0.2) is 0 Å². The van der Waals surface area contributed by atoms with E-state index < -0.39 is 11.2 Å². The second-order valence-corrected chi connectivity index (χ2v) is 9.77. The second kappa shape index (κ2) is 10.5. The SMILES string of the molecule is N#CC(C(=O)Nc1ccc(Cl)c(Cl)c1)=C1SC(Cc2cccc(Cl)c2)C(=O)N1c1ccccc1. The standard InChI is InChI=1S/C25H16Cl3N3O2S/c26-16-6-4-5-15(11-16)12-22-24(33)31(18-7-2-1-3-8-18)25(34-22)19(14-29)23(32)30-17-9-10-20(27)21(28)13-17/h1-11,13,22H,12H2,(H,30,32). The first-order valence-electron chi connectivity index (χ1n) is 10.1. The van der Waals surface area contributed by atoms with Crippen LogP contribution in [-0.4, -0.2) is 17.1 Å². The number of hydrogen-bond donors (Lipinski definition) is 1. The fourth-order valence-corrected chi connectivity index (χ4v) is 5.26. The van der Waals surface area contributed by atoms with Crippen molar-refractivity contribution in [2.45, 2.75) is 11.7 Å². The first-order chi connectivity index (χ1) is 16.4. The van der Waals surface area contributed by atoms with Crippen LogP contribution in [0.15, 0.2) is 83.4 Å². The molecule has 2 amide bonds. The molecule has 1 heterocycles. The Morgan fingerprint density at radius 2 is 1.76 bits per heavy atom. The predicted molar refractivity (Wildman–Crippen MR) is 138 cm³/mol. The third-order valence-electron chi connectivity index (χ3n) is 5.01. The van der Waals surface area contributed by atoms with Crippen molar-refractivity contribution in [2.75, 3.05) is 10.2 Å². The Hall–Kier alpha value is -2.95. The number of halogens is 3. The summed E-state index contributed by atoms with van der Waals surface area (Å²) in [6.45, 7) is 0. The summed E-state index contributed by atoms with van der Waals surface area (Å²) in [5.41, 5.74) is 1.65. The van der Waals surface area contributed by atoms with Crippen molar-refractivity contribution in [1.82, 2.24) is 0 Å². The van der Waals surface area contributed by atoms with Gasteiger partial charge in [-0.15, -0.1) is 0 Å². The first-order valence-corrected chi connectivity index (χ1v) is 12.1. The van der Waals surface area contributed by atoms with Crippen LogP contribution < -0.4 is 10.2 Å². The van der Waals surface area contributed by atoms with Gasteiger partial charge in [0.25, 0.3) is 5.91 Å². The molecule has 1 atom stereocenters. The Morgan fingerprint density at radius 3 is 2.44 bits per heavy atom. The highest BCUT2D eigenvalue weighted by Gasteiger charge is 2.40. The lowest BCUT2D eigenvalue weighted by Gasteiger charge is -2.18. The largest absolute Gasteiger partial charge is 0.321 e. The molecule has 0 spiro atoms. The average Bonchev–Trinajstić information content (AvgIpc) is 3.13. The highest BCUT2D eigenvalue weighted by atomic mass is 35.5. The lowest BCUT2D eigenvalue weighted by Crippen LogP contribution is -2.30. The van der Waals surface area contributed by atoms with E-state index in [2.05, 4.69) is 5.32 Å². The minimum absolute atomic E-state index is 0.179. The number of carbonyl (C=O) groups excluding carboxylic acids is 2. The number of amides is 2. The summed E-state index contributed by atoms with van der Waals surface area (Å²) < 4.78 is 0. The van der Waals surface area contributed by atoms with E-state index in [1.54, 1.807) is 48.5 Å². The van der Waals surface area contributed by atoms with Crippen LogP contribution in [0.25, 0.3) is 0 Å². The molecule has 0 saturated carbocycles. The van der Waals surface area contributed by atoms with E-state index in [4.69, 9.17) is 34.8 Å². The fourth-order valence-electron chi connectivity index (χ4n) is 3.44. The van der Waals surface area contributed by atoms with Crippen molar-refractivity contribution >= 4 is 69.8 Å². The zero-order valence-corrected chi connectivity index (χ0v) is 20.6. The second-order valence-electron chi connectivity index (χ2n) is 7.32. The van der Waals surface area contributed by atoms with Crippen molar-refractivity contribution < 1.29 is 9.59 Å². The van der Waals surface area contributed by atoms with Crippen molar-refractivity contribution in [3.8, 4) is 6.07 Å². The quantitative estimate of drug-likeness (QED) is 0.295. The van der Waals surface area contributed by atoms with Crippen LogP contribution in [-0.2, 0) is 16.0 Å². The number of hydrogen-bond acceptors (Lipinski definition) is 4. The van der Waals surface area contributed by atoms with Gasteiger partial charge < -0.3 is 5.32 Å². The number of nitrogens with zero attached hydrogens (tertiary/aromatic N) is 2. The van der Waals surface area contributed by atoms with E-state index in [0.29, 0.717) is 27.8 Å². The molecule has 170 valence electrons. The molecule has 1 saturated heterocycles. The van der Waals surface area contributed by atoms with Gasteiger partial charge in [-0.25, -0.2) is 0 Å². The summed E-state index contributed by atoms with van der Waals surface area (Å²) in [5, 5.41) is 13.5. The normalized spacial score (nSPS) is 16.8. The molecule has 0 aromatic heterocycles. The van der Waals surface area contributed by atoms with Gasteiger partial charge in [0.05, 0.1) is 15.3 Å². The number of para-hydroxylation sites is 1. The number of thioether (sulfide) groups is 1. The molecule has 0 radical (unpaired) electrons. The number of carbonyl (C=O) groups is 2. The number of rotatable bonds is 5. The third kappa shape index (κ3) is 5.24. The van der Waals surface area contributed by atoms with Crippen molar-refractivity contribution in [3.05, 3.63) is 104 Å². The topological polar surface area (TPSA) is 73.2 Å². The molecule has 5 nitrogen and oxygen atoms in total. The van der Waals surface area contributed by atoms with Gasteiger partial charge in [-0.2, -0.15) is 5.26 Å². The zero-order chi connectivity index (χ0) is 24.2. The maximum absolute atomic E-state index is 13.5. The lowest BCUT2D eigenvalue weighted by molar-refractivity contribution is -0.117. The van der Waals surface area contributed by atoms with E-state index in [-0.39, 0.29) is 21.5 Å². The molecule has 3 aromatic rings. The van der Waals surface area contributed by atoms with Crippen LogP contribution in [0.4, 0.5) is 11.4 Å². The molecule has 4 rings (SSSR count). The molecule has 3 aromatic carbocycles. The Labute approximate surface area is 215 Å². The first kappa shape index (κ1) is 24.2. The minimum atomic E-state index is -0.652. The van der Waals surface area contributed by atoms with E-state index in [0.717, 1.165) is 5.56 Å².